The van der Waals surface area contributed by atoms with Gasteiger partial charge in [0, 0.05) is 51.4 Å². The van der Waals surface area contributed by atoms with Crippen molar-refractivity contribution in [2.45, 2.75) is 26.8 Å². The van der Waals surface area contributed by atoms with Crippen molar-refractivity contribution in [3.05, 3.63) is 77.4 Å². The first-order valence-electron chi connectivity index (χ1n) is 11.4. The maximum Gasteiger partial charge on any atom is 0.268 e. The molecule has 0 aliphatic heterocycles. The number of carbonyl (C=O) groups is 2. The van der Waals surface area contributed by atoms with Crippen LogP contribution < -0.4 is 10.2 Å². The Balaban J connectivity index is 1.46. The molecule has 0 unspecified atom stereocenters. The van der Waals surface area contributed by atoms with Crippen LogP contribution in [0.4, 0.5) is 11.6 Å². The smallest absolute Gasteiger partial charge is 0.268 e. The molecule has 1 aromatic carbocycles. The van der Waals surface area contributed by atoms with Gasteiger partial charge in [0.15, 0.2) is 11.7 Å². The lowest BCUT2D eigenvalue weighted by atomic mass is 10.2. The number of aryl methyl sites for hydroxylation is 3. The summed E-state index contributed by atoms with van der Waals surface area (Å²) in [7, 11) is 1.72. The second-order valence-electron chi connectivity index (χ2n) is 8.27. The van der Waals surface area contributed by atoms with Crippen molar-refractivity contribution in [2.24, 2.45) is 0 Å². The summed E-state index contributed by atoms with van der Waals surface area (Å²) in [5.41, 5.74) is 3.20. The van der Waals surface area contributed by atoms with Gasteiger partial charge in [-0.3, -0.25) is 19.9 Å². The van der Waals surface area contributed by atoms with E-state index in [1.807, 2.05) is 47.0 Å². The molecule has 5 aromatic rings. The number of hydrogen-bond donors (Lipinski definition) is 1. The molecule has 4 heterocycles. The van der Waals surface area contributed by atoms with Gasteiger partial charge in [0.25, 0.3) is 5.91 Å². The number of aromatic nitrogens is 4. The number of carbonyl (C=O) groups excluding carboxylic acids is 2. The Labute approximate surface area is 211 Å². The Morgan fingerprint density at radius 1 is 1.14 bits per heavy atom. The van der Waals surface area contributed by atoms with E-state index in [-0.39, 0.29) is 11.8 Å². The van der Waals surface area contributed by atoms with Gasteiger partial charge in [0.05, 0.1) is 27.0 Å². The Morgan fingerprint density at radius 3 is 2.72 bits per heavy atom. The summed E-state index contributed by atoms with van der Waals surface area (Å²) in [5, 5.41) is 2.97. The highest BCUT2D eigenvalue weighted by atomic mass is 32.1. The second kappa shape index (κ2) is 9.74. The number of nitrogens with one attached hydrogen (secondary N) is 1. The topological polar surface area (TPSA) is 106 Å². The number of benzene rings is 1. The number of amides is 2. The van der Waals surface area contributed by atoms with Gasteiger partial charge < -0.3 is 13.9 Å². The van der Waals surface area contributed by atoms with Crippen molar-refractivity contribution in [2.75, 3.05) is 17.3 Å². The molecule has 5 rings (SSSR count). The van der Waals surface area contributed by atoms with Crippen molar-refractivity contribution in [3.8, 4) is 10.6 Å². The number of nitrogens with zero attached hydrogens (tertiary/aromatic N) is 5. The zero-order valence-electron chi connectivity index (χ0n) is 20.1. The van der Waals surface area contributed by atoms with Crippen LogP contribution in [0.2, 0.25) is 0 Å². The molecule has 0 bridgehead atoms. The van der Waals surface area contributed by atoms with E-state index in [1.165, 1.54) is 18.3 Å². The number of hydrogen-bond acceptors (Lipinski definition) is 7. The summed E-state index contributed by atoms with van der Waals surface area (Å²) in [6.07, 6.45) is 4.08. The first-order valence-corrected chi connectivity index (χ1v) is 12.2. The predicted octanol–water partition coefficient (Wildman–Crippen LogP) is 4.93. The molecule has 36 heavy (non-hydrogen) atoms. The lowest BCUT2D eigenvalue weighted by Gasteiger charge is -2.15. The molecule has 9 nitrogen and oxygen atoms in total. The number of anilines is 2. The van der Waals surface area contributed by atoms with E-state index in [0.29, 0.717) is 41.0 Å². The van der Waals surface area contributed by atoms with Crippen LogP contribution in [-0.4, -0.2) is 38.4 Å². The molecule has 0 aliphatic carbocycles. The van der Waals surface area contributed by atoms with Gasteiger partial charge in [0.1, 0.15) is 0 Å². The molecule has 4 aromatic heterocycles. The number of fused-ring (bicyclic) bond motifs is 1. The van der Waals surface area contributed by atoms with Crippen molar-refractivity contribution in [1.82, 2.24) is 19.5 Å². The standard InChI is InChI=1S/C26H24N6O3S/c1-16-28-15-22(35-16)23-9-10-24(36-23)25(34)30-26-29-20-14-19(31(3)17(2)33)7-8-21(20)32(26)13-11-18-6-4-5-12-27-18/h4-10,12,14-15H,11,13H2,1-3H3,(H,29,30,34). The predicted molar refractivity (Wildman–Crippen MR) is 139 cm³/mol. The third-order valence-electron chi connectivity index (χ3n) is 5.83. The molecule has 1 N–H and O–H groups in total. The quantitative estimate of drug-likeness (QED) is 0.340. The van der Waals surface area contributed by atoms with Gasteiger partial charge in [-0.2, -0.15) is 0 Å². The highest BCUT2D eigenvalue weighted by Crippen LogP contribution is 2.30. The number of rotatable bonds is 7. The van der Waals surface area contributed by atoms with Crippen molar-refractivity contribution >= 4 is 45.8 Å². The van der Waals surface area contributed by atoms with E-state index in [2.05, 4.69) is 15.3 Å². The van der Waals surface area contributed by atoms with Gasteiger partial charge in [-0.05, 0) is 42.5 Å². The average molecular weight is 501 g/mol. The van der Waals surface area contributed by atoms with Crippen LogP contribution in [0.3, 0.4) is 0 Å². The number of thiophene rings is 1. The monoisotopic (exact) mass is 500 g/mol. The summed E-state index contributed by atoms with van der Waals surface area (Å²) in [6, 6.07) is 15.0. The first kappa shape index (κ1) is 23.4. The first-order chi connectivity index (χ1) is 17.4. The molecule has 0 aliphatic rings. The van der Waals surface area contributed by atoms with Crippen LogP contribution in [0.25, 0.3) is 21.7 Å². The molecule has 10 heteroatoms. The average Bonchev–Trinajstić information content (AvgIpc) is 3.61. The van der Waals surface area contributed by atoms with Gasteiger partial charge in [-0.15, -0.1) is 11.3 Å². The molecular formula is C26H24N6O3S. The minimum Gasteiger partial charge on any atom is -0.440 e. The van der Waals surface area contributed by atoms with E-state index in [1.54, 1.807) is 37.3 Å². The van der Waals surface area contributed by atoms with E-state index < -0.39 is 0 Å². The summed E-state index contributed by atoms with van der Waals surface area (Å²) in [5.74, 6) is 1.28. The fourth-order valence-electron chi connectivity index (χ4n) is 3.83. The fraction of sp³-hybridized carbons (Fsp3) is 0.192. The van der Waals surface area contributed by atoms with E-state index in [4.69, 9.17) is 9.40 Å². The van der Waals surface area contributed by atoms with E-state index in [0.717, 1.165) is 21.8 Å². The highest BCUT2D eigenvalue weighted by Gasteiger charge is 2.18. The lowest BCUT2D eigenvalue weighted by molar-refractivity contribution is -0.116. The van der Waals surface area contributed by atoms with Gasteiger partial charge in [-0.25, -0.2) is 9.97 Å². The van der Waals surface area contributed by atoms with Crippen LogP contribution in [0.1, 0.15) is 28.2 Å². The molecule has 2 amide bonds. The summed E-state index contributed by atoms with van der Waals surface area (Å²) in [4.78, 5) is 41.2. The largest absolute Gasteiger partial charge is 0.440 e. The Kier molecular flexibility index (Phi) is 6.34. The van der Waals surface area contributed by atoms with Crippen LogP contribution >= 0.6 is 11.3 Å². The van der Waals surface area contributed by atoms with Gasteiger partial charge in [-0.1, -0.05) is 6.07 Å². The third-order valence-corrected chi connectivity index (χ3v) is 6.93. The number of oxazole rings is 1. The number of pyridine rings is 1. The third kappa shape index (κ3) is 4.76. The van der Waals surface area contributed by atoms with E-state index in [9.17, 15) is 9.59 Å². The molecule has 0 spiro atoms. The SMILES string of the molecule is CC(=O)N(C)c1ccc2c(c1)nc(NC(=O)c1ccc(-c3cnc(C)o3)s1)n2CCc1ccccn1. The lowest BCUT2D eigenvalue weighted by Crippen LogP contribution is -2.22. The van der Waals surface area contributed by atoms with Crippen LogP contribution in [-0.2, 0) is 17.8 Å². The molecule has 0 atom stereocenters. The molecule has 0 radical (unpaired) electrons. The van der Waals surface area contributed by atoms with Crippen molar-refractivity contribution < 1.29 is 14.0 Å². The van der Waals surface area contributed by atoms with Crippen LogP contribution in [0, 0.1) is 6.92 Å². The molecular weight excluding hydrogens is 476 g/mol. The van der Waals surface area contributed by atoms with Crippen molar-refractivity contribution in [1.29, 1.82) is 0 Å². The van der Waals surface area contributed by atoms with Crippen molar-refractivity contribution in [3.63, 3.8) is 0 Å². The Morgan fingerprint density at radius 2 is 2.00 bits per heavy atom. The van der Waals surface area contributed by atoms with Gasteiger partial charge >= 0.3 is 0 Å². The second-order valence-corrected chi connectivity index (χ2v) is 9.35. The summed E-state index contributed by atoms with van der Waals surface area (Å²) < 4.78 is 7.54. The number of imidazole rings is 1. The Hall–Kier alpha value is -4.31. The minimum atomic E-state index is -0.266. The zero-order chi connectivity index (χ0) is 25.2. The van der Waals surface area contributed by atoms with Gasteiger partial charge in [0.2, 0.25) is 11.9 Å². The minimum absolute atomic E-state index is 0.0760. The Bertz CT molecular complexity index is 1550. The maximum atomic E-state index is 13.2. The fourth-order valence-corrected chi connectivity index (χ4v) is 4.68. The normalized spacial score (nSPS) is 11.1. The van der Waals surface area contributed by atoms with Crippen LogP contribution in [0.5, 0.6) is 0 Å². The van der Waals surface area contributed by atoms with Crippen LogP contribution in [0.15, 0.2) is 65.3 Å². The molecule has 0 saturated heterocycles. The maximum absolute atomic E-state index is 13.2. The molecule has 0 saturated carbocycles. The van der Waals surface area contributed by atoms with E-state index >= 15 is 0 Å². The summed E-state index contributed by atoms with van der Waals surface area (Å²) >= 11 is 1.32. The molecule has 0 fully saturated rings. The zero-order valence-corrected chi connectivity index (χ0v) is 20.9. The molecule has 182 valence electrons. The summed E-state index contributed by atoms with van der Waals surface area (Å²) in [6.45, 7) is 3.86. The highest BCUT2D eigenvalue weighted by molar-refractivity contribution is 7.17.